The molecule has 0 bridgehead atoms. The molecule has 6 heteroatoms. The van der Waals surface area contributed by atoms with Gasteiger partial charge in [-0.25, -0.2) is 0 Å². The zero-order valence-corrected chi connectivity index (χ0v) is 10.3. The van der Waals surface area contributed by atoms with E-state index in [1.807, 2.05) is 0 Å². The molecule has 0 heterocycles. The Hall–Kier alpha value is -3.02. The van der Waals surface area contributed by atoms with E-state index < -0.39 is 17.3 Å². The molecule has 3 rings (SSSR count). The SMILES string of the molecule is Nc1c(N)c(O)c2c(c1N)C(=O)c1ccccc1C2=O. The molecule has 6 nitrogen and oxygen atoms in total. The van der Waals surface area contributed by atoms with Gasteiger partial charge in [0.05, 0.1) is 22.5 Å². The summed E-state index contributed by atoms with van der Waals surface area (Å²) in [6, 6.07) is 6.32. The Morgan fingerprint density at radius 1 is 0.750 bits per heavy atom. The number of anilines is 3. The second-order valence-corrected chi connectivity index (χ2v) is 4.54. The van der Waals surface area contributed by atoms with Crippen LogP contribution in [-0.4, -0.2) is 16.7 Å². The third-order valence-corrected chi connectivity index (χ3v) is 3.46. The first-order valence-corrected chi connectivity index (χ1v) is 5.83. The van der Waals surface area contributed by atoms with Gasteiger partial charge in [0, 0.05) is 11.1 Å². The number of phenolic OH excluding ortho intramolecular Hbond substituents is 1. The third kappa shape index (κ3) is 1.27. The maximum Gasteiger partial charge on any atom is 0.198 e. The number of rotatable bonds is 0. The average Bonchev–Trinajstić information content (AvgIpc) is 2.46. The van der Waals surface area contributed by atoms with Crippen molar-refractivity contribution in [1.29, 1.82) is 0 Å². The Balaban J connectivity index is 2.46. The predicted molar refractivity (Wildman–Crippen MR) is 74.7 cm³/mol. The van der Waals surface area contributed by atoms with Crippen LogP contribution < -0.4 is 17.2 Å². The lowest BCUT2D eigenvalue weighted by Crippen LogP contribution is -2.23. The van der Waals surface area contributed by atoms with Crippen molar-refractivity contribution in [2.24, 2.45) is 0 Å². The molecule has 0 spiro atoms. The summed E-state index contributed by atoms with van der Waals surface area (Å²) in [6.07, 6.45) is 0. The fourth-order valence-electron chi connectivity index (χ4n) is 2.40. The van der Waals surface area contributed by atoms with Crippen molar-refractivity contribution >= 4 is 28.6 Å². The highest BCUT2D eigenvalue weighted by atomic mass is 16.3. The third-order valence-electron chi connectivity index (χ3n) is 3.46. The largest absolute Gasteiger partial charge is 0.505 e. The molecule has 2 aromatic rings. The number of hydrogen-bond donors (Lipinski definition) is 4. The zero-order valence-electron chi connectivity index (χ0n) is 10.3. The Morgan fingerprint density at radius 3 is 1.80 bits per heavy atom. The van der Waals surface area contributed by atoms with Crippen molar-refractivity contribution in [3.8, 4) is 5.75 Å². The molecule has 0 aromatic heterocycles. The van der Waals surface area contributed by atoms with Crippen LogP contribution >= 0.6 is 0 Å². The molecule has 0 unspecified atom stereocenters. The van der Waals surface area contributed by atoms with Crippen molar-refractivity contribution in [3.63, 3.8) is 0 Å². The van der Waals surface area contributed by atoms with Gasteiger partial charge in [0.25, 0.3) is 0 Å². The normalized spacial score (nSPS) is 13.0. The number of nitrogen functional groups attached to an aromatic ring is 3. The van der Waals surface area contributed by atoms with Crippen molar-refractivity contribution in [2.45, 2.75) is 0 Å². The number of carbonyl (C=O) groups excluding carboxylic acids is 2. The maximum atomic E-state index is 12.5. The van der Waals surface area contributed by atoms with E-state index in [0.717, 1.165) is 0 Å². The van der Waals surface area contributed by atoms with Crippen molar-refractivity contribution in [3.05, 3.63) is 46.5 Å². The van der Waals surface area contributed by atoms with Crippen LogP contribution in [0.1, 0.15) is 31.8 Å². The molecule has 0 radical (unpaired) electrons. The Morgan fingerprint density at radius 2 is 1.25 bits per heavy atom. The van der Waals surface area contributed by atoms with Crippen LogP contribution in [0.3, 0.4) is 0 Å². The van der Waals surface area contributed by atoms with E-state index in [-0.39, 0.29) is 39.3 Å². The molecule has 1 aliphatic carbocycles. The van der Waals surface area contributed by atoms with E-state index in [0.29, 0.717) is 0 Å². The van der Waals surface area contributed by atoms with Gasteiger partial charge in [-0.3, -0.25) is 9.59 Å². The molecule has 100 valence electrons. The molecule has 7 N–H and O–H groups in total. The molecular formula is C14H11N3O3. The lowest BCUT2D eigenvalue weighted by molar-refractivity contribution is 0.0977. The molecule has 0 saturated heterocycles. The molecule has 0 fully saturated rings. The van der Waals surface area contributed by atoms with Crippen LogP contribution in [-0.2, 0) is 0 Å². The van der Waals surface area contributed by atoms with Crippen molar-refractivity contribution < 1.29 is 14.7 Å². The summed E-state index contributed by atoms with van der Waals surface area (Å²) in [6.45, 7) is 0. The van der Waals surface area contributed by atoms with Crippen LogP contribution in [0.2, 0.25) is 0 Å². The van der Waals surface area contributed by atoms with Gasteiger partial charge in [-0.2, -0.15) is 0 Å². The van der Waals surface area contributed by atoms with E-state index in [2.05, 4.69) is 0 Å². The molecule has 0 atom stereocenters. The van der Waals surface area contributed by atoms with Gasteiger partial charge in [0.15, 0.2) is 17.3 Å². The van der Waals surface area contributed by atoms with Gasteiger partial charge in [0.1, 0.15) is 5.69 Å². The molecule has 0 saturated carbocycles. The minimum atomic E-state index is -0.500. The van der Waals surface area contributed by atoms with Crippen molar-refractivity contribution in [1.82, 2.24) is 0 Å². The van der Waals surface area contributed by atoms with E-state index in [9.17, 15) is 14.7 Å². The highest BCUT2D eigenvalue weighted by Crippen LogP contribution is 2.43. The summed E-state index contributed by atoms with van der Waals surface area (Å²) in [5.74, 6) is -1.44. The van der Waals surface area contributed by atoms with Crippen molar-refractivity contribution in [2.75, 3.05) is 17.2 Å². The first-order chi connectivity index (χ1) is 9.45. The minimum absolute atomic E-state index is 0.0804. The Bertz CT molecular complexity index is 731. The molecule has 0 aliphatic heterocycles. The first kappa shape index (κ1) is 12.0. The van der Waals surface area contributed by atoms with E-state index in [1.165, 1.54) is 12.1 Å². The summed E-state index contributed by atoms with van der Waals surface area (Å²) in [5.41, 5.74) is 16.9. The number of hydrogen-bond acceptors (Lipinski definition) is 6. The fourth-order valence-corrected chi connectivity index (χ4v) is 2.40. The summed E-state index contributed by atoms with van der Waals surface area (Å²) in [4.78, 5) is 24.9. The summed E-state index contributed by atoms with van der Waals surface area (Å²) in [5, 5.41) is 10.0. The summed E-state index contributed by atoms with van der Waals surface area (Å²) >= 11 is 0. The highest BCUT2D eigenvalue weighted by molar-refractivity contribution is 6.32. The Kier molecular flexibility index (Phi) is 2.25. The monoisotopic (exact) mass is 269 g/mol. The molecule has 2 aromatic carbocycles. The van der Waals surface area contributed by atoms with Crippen LogP contribution in [0.5, 0.6) is 5.75 Å². The van der Waals surface area contributed by atoms with Crippen LogP contribution in [0.25, 0.3) is 0 Å². The highest BCUT2D eigenvalue weighted by Gasteiger charge is 2.35. The number of aromatic hydroxyl groups is 1. The van der Waals surface area contributed by atoms with Gasteiger partial charge < -0.3 is 22.3 Å². The predicted octanol–water partition coefficient (Wildman–Crippen LogP) is 0.914. The number of benzene rings is 2. The van der Waals surface area contributed by atoms with Gasteiger partial charge in [-0.15, -0.1) is 0 Å². The fraction of sp³-hybridized carbons (Fsp3) is 0. The van der Waals surface area contributed by atoms with Gasteiger partial charge >= 0.3 is 0 Å². The smallest absolute Gasteiger partial charge is 0.198 e. The number of nitrogens with two attached hydrogens (primary N) is 3. The lowest BCUT2D eigenvalue weighted by atomic mass is 9.82. The van der Waals surface area contributed by atoms with Crippen LogP contribution in [0.4, 0.5) is 17.1 Å². The zero-order chi connectivity index (χ0) is 14.6. The molecule has 1 aliphatic rings. The second-order valence-electron chi connectivity index (χ2n) is 4.54. The second kappa shape index (κ2) is 3.74. The first-order valence-electron chi connectivity index (χ1n) is 5.83. The number of ketones is 2. The van der Waals surface area contributed by atoms with Gasteiger partial charge in [0.2, 0.25) is 0 Å². The molecule has 0 amide bonds. The number of carbonyl (C=O) groups is 2. The lowest BCUT2D eigenvalue weighted by Gasteiger charge is -2.22. The quantitative estimate of drug-likeness (QED) is 0.272. The Labute approximate surface area is 113 Å². The molecule has 20 heavy (non-hydrogen) atoms. The van der Waals surface area contributed by atoms with Crippen LogP contribution in [0.15, 0.2) is 24.3 Å². The van der Waals surface area contributed by atoms with Gasteiger partial charge in [-0.1, -0.05) is 24.3 Å². The molecular weight excluding hydrogens is 258 g/mol. The van der Waals surface area contributed by atoms with Gasteiger partial charge in [-0.05, 0) is 0 Å². The number of phenols is 1. The van der Waals surface area contributed by atoms with E-state index >= 15 is 0 Å². The summed E-state index contributed by atoms with van der Waals surface area (Å²) < 4.78 is 0. The van der Waals surface area contributed by atoms with E-state index in [4.69, 9.17) is 17.2 Å². The topological polar surface area (TPSA) is 132 Å². The standard InChI is InChI=1S/C14H11N3O3/c15-9-7-8(14(20)11(17)10(9)16)13(19)6-4-2-1-3-5(6)12(7)18/h1-4,20H,15-17H2. The summed E-state index contributed by atoms with van der Waals surface area (Å²) in [7, 11) is 0. The van der Waals surface area contributed by atoms with Crippen LogP contribution in [0, 0.1) is 0 Å². The number of fused-ring (bicyclic) bond motifs is 2. The average molecular weight is 269 g/mol. The van der Waals surface area contributed by atoms with E-state index in [1.54, 1.807) is 12.1 Å². The minimum Gasteiger partial charge on any atom is -0.505 e. The maximum absolute atomic E-state index is 12.5.